The van der Waals surface area contributed by atoms with E-state index in [1.54, 1.807) is 0 Å². The lowest BCUT2D eigenvalue weighted by atomic mass is 9.92. The molecule has 71 heavy (non-hydrogen) atoms. The molecule has 0 radical (unpaired) electrons. The van der Waals surface area contributed by atoms with Crippen molar-refractivity contribution in [3.8, 4) is 0 Å². The van der Waals surface area contributed by atoms with E-state index in [4.69, 9.17) is 56.8 Å². The molecule has 8 rings (SSSR count). The number of rotatable bonds is 11. The summed E-state index contributed by atoms with van der Waals surface area (Å²) in [4.78, 5) is 26.1. The normalized spacial score (nSPS) is 51.7. The van der Waals surface area contributed by atoms with Crippen LogP contribution < -0.4 is 10.6 Å². The molecule has 17 N–H and O–H groups in total. The Kier molecular flexibility index (Phi) is 19.0. The highest BCUT2D eigenvalue weighted by Crippen LogP contribution is 2.40. The van der Waals surface area contributed by atoms with Gasteiger partial charge in [-0.05, 0) is 6.92 Å². The Balaban J connectivity index is 1.41. The predicted octanol–water partition coefficient (Wildman–Crippen LogP) is -11.7. The van der Waals surface area contributed by atoms with E-state index in [2.05, 4.69) is 10.6 Å². The molecule has 0 saturated carbocycles. The largest absolute Gasteiger partial charge is 0.394 e. The van der Waals surface area contributed by atoms with E-state index in [-0.39, 0.29) is 0 Å². The fourth-order valence-corrected chi connectivity index (χ4v) is 9.62. The highest BCUT2D eigenvalue weighted by atomic mass is 16.8. The molecule has 8 saturated heterocycles. The quantitative estimate of drug-likeness (QED) is 0.0914. The van der Waals surface area contributed by atoms with E-state index in [1.807, 2.05) is 0 Å². The zero-order valence-corrected chi connectivity index (χ0v) is 38.3. The van der Waals surface area contributed by atoms with E-state index < -0.39 is 229 Å². The molecule has 0 aromatic heterocycles. The van der Waals surface area contributed by atoms with Crippen LogP contribution in [0.2, 0.25) is 0 Å². The van der Waals surface area contributed by atoms with Gasteiger partial charge in [0.25, 0.3) is 0 Å². The number of aliphatic hydroxyl groups is 15. The first-order chi connectivity index (χ1) is 33.7. The lowest BCUT2D eigenvalue weighted by molar-refractivity contribution is -0.415. The van der Waals surface area contributed by atoms with Gasteiger partial charge < -0.3 is 144 Å². The highest BCUT2D eigenvalue weighted by Gasteiger charge is 2.61. The summed E-state index contributed by atoms with van der Waals surface area (Å²) in [5.74, 6) is -1.68. The summed E-state index contributed by atoms with van der Waals surface area (Å²) in [6, 6.07) is -3.53. The molecule has 410 valence electrons. The first-order valence-electron chi connectivity index (χ1n) is 22.9. The summed E-state index contributed by atoms with van der Waals surface area (Å²) in [6.07, 6.45) is -53.5. The number of amides is 2. The zero-order valence-electron chi connectivity index (χ0n) is 38.3. The van der Waals surface area contributed by atoms with Gasteiger partial charge in [-0.2, -0.15) is 0 Å². The van der Waals surface area contributed by atoms with E-state index in [0.717, 1.165) is 13.8 Å². The van der Waals surface area contributed by atoms with Crippen molar-refractivity contribution in [3.63, 3.8) is 0 Å². The van der Waals surface area contributed by atoms with Crippen LogP contribution in [0.15, 0.2) is 0 Å². The Bertz CT molecular complexity index is 1740. The predicted molar refractivity (Wildman–Crippen MR) is 218 cm³/mol. The maximum Gasteiger partial charge on any atom is 0.217 e. The summed E-state index contributed by atoms with van der Waals surface area (Å²) in [7, 11) is 0. The molecule has 30 atom stereocenters. The van der Waals surface area contributed by atoms with Gasteiger partial charge in [-0.1, -0.05) is 0 Å². The highest BCUT2D eigenvalue weighted by molar-refractivity contribution is 5.73. The molecule has 8 heterocycles. The van der Waals surface area contributed by atoms with Gasteiger partial charge in [0.05, 0.1) is 39.1 Å². The molecular weight excluding hydrogens is 972 g/mol. The summed E-state index contributed by atoms with van der Waals surface area (Å²) < 4.78 is 73.0. The van der Waals surface area contributed by atoms with Crippen molar-refractivity contribution in [2.45, 2.75) is 205 Å². The molecule has 0 aromatic rings. The third-order valence-electron chi connectivity index (χ3n) is 13.4. The van der Waals surface area contributed by atoms with Crippen LogP contribution in [-0.2, 0) is 66.4 Å². The van der Waals surface area contributed by atoms with Crippen LogP contribution >= 0.6 is 0 Å². The minimum atomic E-state index is -2.14. The van der Waals surface area contributed by atoms with Gasteiger partial charge >= 0.3 is 0 Å². The van der Waals surface area contributed by atoms with Crippen LogP contribution in [0.3, 0.4) is 0 Å². The van der Waals surface area contributed by atoms with Crippen LogP contribution in [0.4, 0.5) is 0 Å². The number of nitrogens with one attached hydrogen (secondary N) is 2. The van der Waals surface area contributed by atoms with E-state index in [9.17, 15) is 86.2 Å². The lowest BCUT2D eigenvalue weighted by Gasteiger charge is -2.54. The van der Waals surface area contributed by atoms with Crippen molar-refractivity contribution in [1.29, 1.82) is 0 Å². The van der Waals surface area contributed by atoms with Crippen molar-refractivity contribution in [2.75, 3.05) is 33.0 Å². The molecule has 8 aliphatic rings. The summed E-state index contributed by atoms with van der Waals surface area (Å²) in [5.41, 5.74) is 0. The van der Waals surface area contributed by atoms with Crippen molar-refractivity contribution in [1.82, 2.24) is 10.6 Å². The molecule has 0 unspecified atom stereocenters. The van der Waals surface area contributed by atoms with Crippen molar-refractivity contribution in [3.05, 3.63) is 0 Å². The van der Waals surface area contributed by atoms with E-state index >= 15 is 0 Å². The molecule has 31 heteroatoms. The molecule has 31 nitrogen and oxygen atoms in total. The van der Waals surface area contributed by atoms with Gasteiger partial charge in [0.15, 0.2) is 37.7 Å². The minimum Gasteiger partial charge on any atom is -0.394 e. The molecule has 2 amide bonds. The Morgan fingerprint density at radius 2 is 0.803 bits per heavy atom. The molecule has 6 bridgehead atoms. The zero-order chi connectivity index (χ0) is 51.9. The average molecular weight is 1040 g/mol. The smallest absolute Gasteiger partial charge is 0.217 e. The number of carbonyl (C=O) groups excluding carboxylic acids is 2. The van der Waals surface area contributed by atoms with Gasteiger partial charge in [0.2, 0.25) is 11.8 Å². The number of hydrogen-bond donors (Lipinski definition) is 17. The third-order valence-corrected chi connectivity index (χ3v) is 13.4. The van der Waals surface area contributed by atoms with Crippen LogP contribution in [0.1, 0.15) is 20.8 Å². The molecule has 8 fully saturated rings. The number of aliphatic hydroxyl groups excluding tert-OH is 15. The average Bonchev–Trinajstić information content (AvgIpc) is 3.33. The standard InChI is InChI=1S/C40H66N2O29/c1-9-19(50)32-28(59)39(60-9)67-30-17(41-10(2)48)35(61-14(6-45)22(30)53)66-29-16(8-47)65-36(18(42-11(3)49)31(29)68-37-26(57)24(55)20(51)12(4-43)62-37)71-34-33(23(54)15(7-46)64-40(34)69-32)70-38-27(58)25(56)21(52)13(5-44)63-38/h9,12-40,43-47,50-59H,4-8H2,1-3H3,(H,41,48)(H,42,49)/t9-,12+,13+,14+,15+,16+,17+,18+,19+,20-,21+,22-,23+,24-,25-,26+,27+,28-,29-,30+,31+,32+,33-,34-,35+,36-,37-,38+,39-,40+/m0/s1. The van der Waals surface area contributed by atoms with Crippen molar-refractivity contribution in [2.24, 2.45) is 0 Å². The van der Waals surface area contributed by atoms with E-state index in [0.29, 0.717) is 0 Å². The molecule has 0 spiro atoms. The minimum absolute atomic E-state index is 0.793. The van der Waals surface area contributed by atoms with Crippen LogP contribution in [-0.4, -0.2) is 306 Å². The summed E-state index contributed by atoms with van der Waals surface area (Å²) >= 11 is 0. The van der Waals surface area contributed by atoms with Gasteiger partial charge in [-0.3, -0.25) is 9.59 Å². The lowest BCUT2D eigenvalue weighted by Crippen LogP contribution is -2.73. The van der Waals surface area contributed by atoms with Gasteiger partial charge in [0, 0.05) is 13.8 Å². The fraction of sp³-hybridized carbons (Fsp3) is 0.950. The number of hydrogen-bond acceptors (Lipinski definition) is 29. The van der Waals surface area contributed by atoms with Crippen LogP contribution in [0.5, 0.6) is 0 Å². The Labute approximate surface area is 403 Å². The van der Waals surface area contributed by atoms with Gasteiger partial charge in [-0.15, -0.1) is 0 Å². The number of fused-ring (bicyclic) bond motifs is 2. The van der Waals surface area contributed by atoms with Crippen LogP contribution in [0.25, 0.3) is 0 Å². The maximum atomic E-state index is 13.3. The second-order valence-electron chi connectivity index (χ2n) is 18.3. The summed E-state index contributed by atoms with van der Waals surface area (Å²) in [6.45, 7) is -1.54. The number of carbonyl (C=O) groups is 2. The molecule has 0 aliphatic carbocycles. The Morgan fingerprint density at radius 3 is 1.34 bits per heavy atom. The molecular formula is C40H66N2O29. The fourth-order valence-electron chi connectivity index (χ4n) is 9.62. The van der Waals surface area contributed by atoms with Gasteiger partial charge in [-0.25, -0.2) is 0 Å². The number of ether oxygens (including phenoxy) is 12. The second-order valence-corrected chi connectivity index (χ2v) is 18.3. The van der Waals surface area contributed by atoms with Crippen LogP contribution in [0, 0.1) is 0 Å². The SMILES string of the molecule is CC(=O)N[C@H]1[C@@H]2O[C@@H]3[C@@H](O[C@H]4[C@H](O)[C@H](O[C@H]5[C@@H](O)[C@@H](CO)O[C@H](O[C@H]([C@@H]1O[C@@H]1O[C@H](CO)[C@H](O)[C@H](O)[C@H]1O)[C@@H](CO)O2)[C@@H]5NC(C)=O)O[C@@H](C)[C@H]4O)O[C@H](CO)[C@@H](O)[C@@H]3O[C@H]1O[C@H](CO)[C@@H](O)[C@H](O)[C@H]1O. The first-order valence-corrected chi connectivity index (χ1v) is 22.9. The monoisotopic (exact) mass is 1040 g/mol. The third kappa shape index (κ3) is 11.5. The van der Waals surface area contributed by atoms with E-state index in [1.165, 1.54) is 6.92 Å². The van der Waals surface area contributed by atoms with Crippen molar-refractivity contribution >= 4 is 11.8 Å². The van der Waals surface area contributed by atoms with Gasteiger partial charge in [0.1, 0.15) is 140 Å². The molecule has 8 aliphatic heterocycles. The first kappa shape index (κ1) is 56.6. The second kappa shape index (κ2) is 23.8. The Morgan fingerprint density at radius 1 is 0.380 bits per heavy atom. The summed E-state index contributed by atoms with van der Waals surface area (Å²) in [5, 5.41) is 169. The Hall–Kier alpha value is -2.14. The van der Waals surface area contributed by atoms with Crippen molar-refractivity contribution < 1.29 is 143 Å². The maximum absolute atomic E-state index is 13.3. The topological polar surface area (TPSA) is 472 Å². The molecule has 0 aromatic carbocycles.